The largest absolute Gasteiger partial charge is 0.396 e. The molecule has 7 nitrogen and oxygen atoms in total. The molecule has 0 aromatic carbocycles. The summed E-state index contributed by atoms with van der Waals surface area (Å²) in [5, 5.41) is 15.1. The van der Waals surface area contributed by atoms with E-state index in [1.54, 1.807) is 0 Å². The molecule has 1 atom stereocenters. The van der Waals surface area contributed by atoms with Crippen molar-refractivity contribution in [1.82, 2.24) is 15.3 Å². The molecule has 2 rings (SSSR count). The number of hydrogen-bond donors (Lipinski definition) is 3. The Balaban J connectivity index is 1.90. The maximum atomic E-state index is 11.6. The fourth-order valence-electron chi connectivity index (χ4n) is 2.54. The first-order chi connectivity index (χ1) is 10.7. The number of anilines is 2. The van der Waals surface area contributed by atoms with Gasteiger partial charge in [0.25, 0.3) is 0 Å². The molecule has 1 fully saturated rings. The van der Waals surface area contributed by atoms with Gasteiger partial charge in [-0.05, 0) is 25.2 Å². The molecule has 0 radical (unpaired) electrons. The molecule has 22 heavy (non-hydrogen) atoms. The van der Waals surface area contributed by atoms with Gasteiger partial charge >= 0.3 is 0 Å². The standard InChI is InChI=1S/C15H25N5O2/c1-2-5-16-15(22)8-17-13-7-14(19-11-18-13)20-6-3-4-12(9-20)10-21/h7,11-12,21H,2-6,8-10H2,1H3,(H,16,22)(H,17,18,19). The highest BCUT2D eigenvalue weighted by Crippen LogP contribution is 2.22. The average Bonchev–Trinajstić information content (AvgIpc) is 2.58. The minimum Gasteiger partial charge on any atom is -0.396 e. The van der Waals surface area contributed by atoms with Gasteiger partial charge < -0.3 is 20.6 Å². The van der Waals surface area contributed by atoms with Gasteiger partial charge in [0.1, 0.15) is 18.0 Å². The molecular weight excluding hydrogens is 282 g/mol. The fraction of sp³-hybridized carbons (Fsp3) is 0.667. The molecule has 1 saturated heterocycles. The molecule has 1 aromatic heterocycles. The summed E-state index contributed by atoms with van der Waals surface area (Å²) in [5.41, 5.74) is 0. The predicted octanol–water partition coefficient (Wildman–Crippen LogP) is 0.623. The number of carbonyl (C=O) groups is 1. The molecular formula is C15H25N5O2. The van der Waals surface area contributed by atoms with Crippen LogP contribution in [0.3, 0.4) is 0 Å². The van der Waals surface area contributed by atoms with Crippen LogP contribution in [-0.2, 0) is 4.79 Å². The number of aliphatic hydroxyl groups excluding tert-OH is 1. The van der Waals surface area contributed by atoms with Gasteiger partial charge in [0.15, 0.2) is 0 Å². The van der Waals surface area contributed by atoms with Crippen LogP contribution in [0.15, 0.2) is 12.4 Å². The lowest BCUT2D eigenvalue weighted by atomic mass is 9.99. The Morgan fingerprint density at radius 2 is 2.36 bits per heavy atom. The summed E-state index contributed by atoms with van der Waals surface area (Å²) >= 11 is 0. The van der Waals surface area contributed by atoms with Crippen molar-refractivity contribution in [3.63, 3.8) is 0 Å². The summed E-state index contributed by atoms with van der Waals surface area (Å²) in [5.74, 6) is 1.74. The van der Waals surface area contributed by atoms with Crippen LogP contribution in [0.4, 0.5) is 11.6 Å². The van der Waals surface area contributed by atoms with Crippen molar-refractivity contribution in [2.45, 2.75) is 26.2 Å². The Kier molecular flexibility index (Phi) is 6.39. The zero-order valence-corrected chi connectivity index (χ0v) is 13.1. The fourth-order valence-corrected chi connectivity index (χ4v) is 2.54. The lowest BCUT2D eigenvalue weighted by molar-refractivity contribution is -0.119. The smallest absolute Gasteiger partial charge is 0.239 e. The van der Waals surface area contributed by atoms with Crippen LogP contribution in [0, 0.1) is 5.92 Å². The summed E-state index contributed by atoms with van der Waals surface area (Å²) in [4.78, 5) is 22.2. The Morgan fingerprint density at radius 1 is 1.50 bits per heavy atom. The van der Waals surface area contributed by atoms with Crippen molar-refractivity contribution >= 4 is 17.5 Å². The first-order valence-corrected chi connectivity index (χ1v) is 7.91. The topological polar surface area (TPSA) is 90.4 Å². The Morgan fingerprint density at radius 3 is 3.14 bits per heavy atom. The highest BCUT2D eigenvalue weighted by molar-refractivity contribution is 5.80. The minimum atomic E-state index is -0.0414. The first kappa shape index (κ1) is 16.5. The van der Waals surface area contributed by atoms with Crippen molar-refractivity contribution in [2.24, 2.45) is 5.92 Å². The molecule has 1 amide bonds. The third-order valence-electron chi connectivity index (χ3n) is 3.76. The van der Waals surface area contributed by atoms with Gasteiger partial charge in [0, 0.05) is 32.3 Å². The zero-order valence-electron chi connectivity index (χ0n) is 13.1. The number of piperidine rings is 1. The van der Waals surface area contributed by atoms with Gasteiger partial charge in [-0.15, -0.1) is 0 Å². The van der Waals surface area contributed by atoms with Gasteiger partial charge in [-0.25, -0.2) is 9.97 Å². The Bertz CT molecular complexity index is 483. The summed E-state index contributed by atoms with van der Waals surface area (Å²) in [6, 6.07) is 1.85. The number of amides is 1. The van der Waals surface area contributed by atoms with E-state index >= 15 is 0 Å². The van der Waals surface area contributed by atoms with E-state index in [-0.39, 0.29) is 19.1 Å². The second kappa shape index (κ2) is 8.53. The summed E-state index contributed by atoms with van der Waals surface area (Å²) < 4.78 is 0. The quantitative estimate of drug-likeness (QED) is 0.684. The van der Waals surface area contributed by atoms with E-state index in [0.29, 0.717) is 18.3 Å². The molecule has 1 unspecified atom stereocenters. The maximum Gasteiger partial charge on any atom is 0.239 e. The molecule has 0 bridgehead atoms. The number of nitrogens with one attached hydrogen (secondary N) is 2. The third-order valence-corrected chi connectivity index (χ3v) is 3.76. The van der Waals surface area contributed by atoms with Crippen molar-refractivity contribution in [1.29, 1.82) is 0 Å². The Labute approximate surface area is 131 Å². The van der Waals surface area contributed by atoms with Gasteiger partial charge in [-0.2, -0.15) is 0 Å². The van der Waals surface area contributed by atoms with Crippen LogP contribution in [0.2, 0.25) is 0 Å². The van der Waals surface area contributed by atoms with Crippen LogP contribution in [-0.4, -0.2) is 53.8 Å². The van der Waals surface area contributed by atoms with E-state index < -0.39 is 0 Å². The third kappa shape index (κ3) is 4.84. The molecule has 0 aliphatic carbocycles. The van der Waals surface area contributed by atoms with Crippen LogP contribution in [0.25, 0.3) is 0 Å². The van der Waals surface area contributed by atoms with Crippen LogP contribution in [0.5, 0.6) is 0 Å². The van der Waals surface area contributed by atoms with E-state index in [2.05, 4.69) is 25.5 Å². The van der Waals surface area contributed by atoms with E-state index in [1.807, 2.05) is 13.0 Å². The van der Waals surface area contributed by atoms with Gasteiger partial charge in [0.2, 0.25) is 5.91 Å². The maximum absolute atomic E-state index is 11.6. The SMILES string of the molecule is CCCNC(=O)CNc1cc(N2CCCC(CO)C2)ncn1. The summed E-state index contributed by atoms with van der Waals surface area (Å²) in [6.45, 7) is 4.86. The monoisotopic (exact) mass is 307 g/mol. The number of carbonyl (C=O) groups excluding carboxylic acids is 1. The van der Waals surface area contributed by atoms with E-state index in [0.717, 1.165) is 38.2 Å². The number of rotatable bonds is 7. The first-order valence-electron chi connectivity index (χ1n) is 7.91. The van der Waals surface area contributed by atoms with Crippen molar-refractivity contribution in [3.05, 3.63) is 12.4 Å². The molecule has 0 saturated carbocycles. The average molecular weight is 307 g/mol. The number of aliphatic hydroxyl groups is 1. The van der Waals surface area contributed by atoms with Gasteiger partial charge in [-0.1, -0.05) is 6.92 Å². The van der Waals surface area contributed by atoms with Crippen LogP contribution >= 0.6 is 0 Å². The number of aromatic nitrogens is 2. The molecule has 1 aliphatic heterocycles. The molecule has 1 aliphatic rings. The summed E-state index contributed by atoms with van der Waals surface area (Å²) in [6.07, 6.45) is 4.53. The minimum absolute atomic E-state index is 0.0414. The van der Waals surface area contributed by atoms with E-state index in [1.165, 1.54) is 6.33 Å². The molecule has 1 aromatic rings. The van der Waals surface area contributed by atoms with Crippen molar-refractivity contribution < 1.29 is 9.90 Å². The molecule has 0 spiro atoms. The predicted molar refractivity (Wildman–Crippen MR) is 85.8 cm³/mol. The van der Waals surface area contributed by atoms with Crippen LogP contribution < -0.4 is 15.5 Å². The normalized spacial score (nSPS) is 18.1. The lowest BCUT2D eigenvalue weighted by Gasteiger charge is -2.32. The molecule has 7 heteroatoms. The molecule has 122 valence electrons. The Hall–Kier alpha value is -1.89. The van der Waals surface area contributed by atoms with E-state index in [9.17, 15) is 9.90 Å². The zero-order chi connectivity index (χ0) is 15.8. The highest BCUT2D eigenvalue weighted by atomic mass is 16.3. The lowest BCUT2D eigenvalue weighted by Crippen LogP contribution is -2.37. The second-order valence-electron chi connectivity index (χ2n) is 5.60. The number of nitrogens with zero attached hydrogens (tertiary/aromatic N) is 3. The highest BCUT2D eigenvalue weighted by Gasteiger charge is 2.20. The van der Waals surface area contributed by atoms with Crippen molar-refractivity contribution in [3.8, 4) is 0 Å². The molecule has 2 heterocycles. The van der Waals surface area contributed by atoms with Crippen LogP contribution in [0.1, 0.15) is 26.2 Å². The van der Waals surface area contributed by atoms with E-state index in [4.69, 9.17) is 0 Å². The van der Waals surface area contributed by atoms with Crippen molar-refractivity contribution in [2.75, 3.05) is 43.0 Å². The number of hydrogen-bond acceptors (Lipinski definition) is 6. The summed E-state index contributed by atoms with van der Waals surface area (Å²) in [7, 11) is 0. The second-order valence-corrected chi connectivity index (χ2v) is 5.60. The van der Waals surface area contributed by atoms with Gasteiger partial charge in [0.05, 0.1) is 6.54 Å². The molecule has 3 N–H and O–H groups in total. The van der Waals surface area contributed by atoms with Gasteiger partial charge in [-0.3, -0.25) is 4.79 Å².